The predicted octanol–water partition coefficient (Wildman–Crippen LogP) is 4.19. The molecule has 24 heavy (non-hydrogen) atoms. The van der Waals surface area contributed by atoms with Crippen molar-refractivity contribution in [3.8, 4) is 28.4 Å². The van der Waals surface area contributed by atoms with Gasteiger partial charge in [-0.1, -0.05) is 29.8 Å². The van der Waals surface area contributed by atoms with Crippen LogP contribution in [0.4, 0.5) is 0 Å². The minimum Gasteiger partial charge on any atom is -0.478 e. The molecule has 0 amide bonds. The summed E-state index contributed by atoms with van der Waals surface area (Å²) in [7, 11) is 0. The van der Waals surface area contributed by atoms with E-state index in [1.807, 2.05) is 54.6 Å². The van der Waals surface area contributed by atoms with Crippen molar-refractivity contribution in [2.75, 3.05) is 13.2 Å². The number of ether oxygens (including phenoxy) is 1. The van der Waals surface area contributed by atoms with Crippen LogP contribution in [0.1, 0.15) is 6.42 Å². The zero-order valence-corrected chi connectivity index (χ0v) is 13.9. The molecule has 3 rings (SSSR count). The van der Waals surface area contributed by atoms with Crippen LogP contribution in [0.2, 0.25) is 5.02 Å². The molecule has 3 aromatic rings. The van der Waals surface area contributed by atoms with E-state index < -0.39 is 0 Å². The SMILES string of the molecule is NCCCOc1cc(-c2ccc(Cl)cc2)cc(-c2ccccn2)n1. The Balaban J connectivity index is 2.00. The van der Waals surface area contributed by atoms with Crippen LogP contribution in [-0.4, -0.2) is 23.1 Å². The van der Waals surface area contributed by atoms with Crippen LogP contribution in [0, 0.1) is 0 Å². The number of pyridine rings is 2. The van der Waals surface area contributed by atoms with Crippen molar-refractivity contribution in [3.05, 3.63) is 65.8 Å². The van der Waals surface area contributed by atoms with Gasteiger partial charge in [-0.3, -0.25) is 4.98 Å². The van der Waals surface area contributed by atoms with E-state index in [9.17, 15) is 0 Å². The molecule has 1 aromatic carbocycles. The molecule has 0 atom stereocenters. The van der Waals surface area contributed by atoms with Crippen molar-refractivity contribution in [1.82, 2.24) is 9.97 Å². The third-order valence-electron chi connectivity index (χ3n) is 3.51. The Morgan fingerprint density at radius 1 is 0.958 bits per heavy atom. The van der Waals surface area contributed by atoms with Crippen molar-refractivity contribution >= 4 is 11.6 Å². The molecule has 2 N–H and O–H groups in total. The summed E-state index contributed by atoms with van der Waals surface area (Å²) in [6.45, 7) is 1.12. The first-order chi connectivity index (χ1) is 11.8. The van der Waals surface area contributed by atoms with Gasteiger partial charge < -0.3 is 10.5 Å². The molecular weight excluding hydrogens is 322 g/mol. The molecule has 4 nitrogen and oxygen atoms in total. The normalized spacial score (nSPS) is 10.6. The van der Waals surface area contributed by atoms with Gasteiger partial charge in [0.15, 0.2) is 0 Å². The van der Waals surface area contributed by atoms with Gasteiger partial charge in [-0.2, -0.15) is 0 Å². The standard InChI is InChI=1S/C19H18ClN3O/c20-16-7-5-14(6-8-16)15-12-18(17-4-1-2-10-22-17)23-19(13-15)24-11-3-9-21/h1-2,4-8,10,12-13H,3,9,11,21H2. The molecule has 0 aliphatic rings. The van der Waals surface area contributed by atoms with Gasteiger partial charge >= 0.3 is 0 Å². The summed E-state index contributed by atoms with van der Waals surface area (Å²) in [4.78, 5) is 8.94. The molecule has 0 saturated carbocycles. The van der Waals surface area contributed by atoms with Crippen LogP contribution in [0.15, 0.2) is 60.8 Å². The highest BCUT2D eigenvalue weighted by Crippen LogP contribution is 2.28. The second-order valence-electron chi connectivity index (χ2n) is 5.29. The van der Waals surface area contributed by atoms with Gasteiger partial charge in [-0.05, 0) is 54.4 Å². The topological polar surface area (TPSA) is 61.0 Å². The molecule has 0 radical (unpaired) electrons. The van der Waals surface area contributed by atoms with E-state index >= 15 is 0 Å². The predicted molar refractivity (Wildman–Crippen MR) is 97.1 cm³/mol. The van der Waals surface area contributed by atoms with Crippen LogP contribution >= 0.6 is 11.6 Å². The quantitative estimate of drug-likeness (QED) is 0.684. The Bertz CT molecular complexity index is 791. The maximum absolute atomic E-state index is 5.98. The number of nitrogens with zero attached hydrogens (tertiary/aromatic N) is 2. The molecule has 2 heterocycles. The molecule has 122 valence electrons. The second kappa shape index (κ2) is 7.90. The Kier molecular flexibility index (Phi) is 5.41. The monoisotopic (exact) mass is 339 g/mol. The van der Waals surface area contributed by atoms with E-state index in [4.69, 9.17) is 22.1 Å². The van der Waals surface area contributed by atoms with Crippen molar-refractivity contribution in [2.45, 2.75) is 6.42 Å². The van der Waals surface area contributed by atoms with E-state index in [1.54, 1.807) is 6.20 Å². The summed E-state index contributed by atoms with van der Waals surface area (Å²) >= 11 is 5.98. The fraction of sp³-hybridized carbons (Fsp3) is 0.158. The van der Waals surface area contributed by atoms with Gasteiger partial charge in [0.2, 0.25) is 5.88 Å². The Morgan fingerprint density at radius 2 is 1.79 bits per heavy atom. The third-order valence-corrected chi connectivity index (χ3v) is 3.76. The fourth-order valence-corrected chi connectivity index (χ4v) is 2.42. The summed E-state index contributed by atoms with van der Waals surface area (Å²) in [6.07, 6.45) is 2.53. The smallest absolute Gasteiger partial charge is 0.214 e. The van der Waals surface area contributed by atoms with Gasteiger partial charge in [0.1, 0.15) is 0 Å². The van der Waals surface area contributed by atoms with Gasteiger partial charge in [0.05, 0.1) is 18.0 Å². The van der Waals surface area contributed by atoms with Gasteiger partial charge in [-0.15, -0.1) is 0 Å². The third kappa shape index (κ3) is 4.10. The minimum atomic E-state index is 0.537. The zero-order valence-electron chi connectivity index (χ0n) is 13.2. The van der Waals surface area contributed by atoms with Crippen LogP contribution in [-0.2, 0) is 0 Å². The molecule has 2 aromatic heterocycles. The molecule has 0 aliphatic heterocycles. The molecule has 0 saturated heterocycles. The van der Waals surface area contributed by atoms with Crippen LogP contribution in [0.3, 0.4) is 0 Å². The average molecular weight is 340 g/mol. The molecule has 5 heteroatoms. The highest BCUT2D eigenvalue weighted by Gasteiger charge is 2.09. The van der Waals surface area contributed by atoms with Crippen molar-refractivity contribution in [1.29, 1.82) is 0 Å². The molecule has 0 spiro atoms. The molecule has 0 aliphatic carbocycles. The number of halogens is 1. The van der Waals surface area contributed by atoms with E-state index in [1.165, 1.54) is 0 Å². The lowest BCUT2D eigenvalue weighted by molar-refractivity contribution is 0.302. The lowest BCUT2D eigenvalue weighted by Crippen LogP contribution is -2.07. The number of nitrogens with two attached hydrogens (primary N) is 1. The summed E-state index contributed by atoms with van der Waals surface area (Å²) in [5.41, 5.74) is 9.15. The minimum absolute atomic E-state index is 0.537. The van der Waals surface area contributed by atoms with Crippen molar-refractivity contribution in [2.24, 2.45) is 5.73 Å². The van der Waals surface area contributed by atoms with E-state index in [2.05, 4.69) is 9.97 Å². The van der Waals surface area contributed by atoms with Crippen LogP contribution < -0.4 is 10.5 Å². The zero-order chi connectivity index (χ0) is 16.8. The van der Waals surface area contributed by atoms with E-state index in [-0.39, 0.29) is 0 Å². The Hall–Kier alpha value is -2.43. The van der Waals surface area contributed by atoms with Gasteiger partial charge in [0.25, 0.3) is 0 Å². The molecule has 0 bridgehead atoms. The number of hydrogen-bond donors (Lipinski definition) is 1. The Labute approximate surface area is 146 Å². The summed E-state index contributed by atoms with van der Waals surface area (Å²) < 4.78 is 5.75. The first-order valence-electron chi connectivity index (χ1n) is 7.78. The largest absolute Gasteiger partial charge is 0.478 e. The van der Waals surface area contributed by atoms with Gasteiger partial charge in [0, 0.05) is 17.3 Å². The fourth-order valence-electron chi connectivity index (χ4n) is 2.29. The van der Waals surface area contributed by atoms with E-state index in [0.29, 0.717) is 24.1 Å². The molecule has 0 fully saturated rings. The average Bonchev–Trinajstić information content (AvgIpc) is 2.63. The van der Waals surface area contributed by atoms with Crippen LogP contribution in [0.5, 0.6) is 5.88 Å². The summed E-state index contributed by atoms with van der Waals surface area (Å²) in [5, 5.41) is 0.706. The molecule has 0 unspecified atom stereocenters. The number of rotatable bonds is 6. The lowest BCUT2D eigenvalue weighted by atomic mass is 10.1. The summed E-state index contributed by atoms with van der Waals surface area (Å²) in [5.74, 6) is 0.566. The number of benzene rings is 1. The Morgan fingerprint density at radius 3 is 2.50 bits per heavy atom. The number of aromatic nitrogens is 2. The highest BCUT2D eigenvalue weighted by atomic mass is 35.5. The van der Waals surface area contributed by atoms with Crippen molar-refractivity contribution < 1.29 is 4.74 Å². The van der Waals surface area contributed by atoms with Gasteiger partial charge in [-0.25, -0.2) is 4.98 Å². The first kappa shape index (κ1) is 16.4. The summed E-state index contributed by atoms with van der Waals surface area (Å²) in [6, 6.07) is 17.4. The highest BCUT2D eigenvalue weighted by molar-refractivity contribution is 6.30. The van der Waals surface area contributed by atoms with E-state index in [0.717, 1.165) is 28.9 Å². The van der Waals surface area contributed by atoms with Crippen molar-refractivity contribution in [3.63, 3.8) is 0 Å². The van der Waals surface area contributed by atoms with Crippen LogP contribution in [0.25, 0.3) is 22.5 Å². The first-order valence-corrected chi connectivity index (χ1v) is 8.16. The molecular formula is C19H18ClN3O. The number of hydrogen-bond acceptors (Lipinski definition) is 4. The maximum Gasteiger partial charge on any atom is 0.214 e. The second-order valence-corrected chi connectivity index (χ2v) is 5.73. The lowest BCUT2D eigenvalue weighted by Gasteiger charge is -2.10. The maximum atomic E-state index is 5.98.